The summed E-state index contributed by atoms with van der Waals surface area (Å²) in [5.41, 5.74) is 3.02. The van der Waals surface area contributed by atoms with Gasteiger partial charge in [-0.25, -0.2) is 9.37 Å². The summed E-state index contributed by atoms with van der Waals surface area (Å²) in [6.45, 7) is 1.80. The Kier molecular flexibility index (Phi) is 3.37. The quantitative estimate of drug-likeness (QED) is 0.929. The van der Waals surface area contributed by atoms with Crippen LogP contribution >= 0.6 is 11.3 Å². The smallest absolute Gasteiger partial charge is 0.126 e. The fourth-order valence-corrected chi connectivity index (χ4v) is 3.91. The van der Waals surface area contributed by atoms with E-state index in [-0.39, 0.29) is 11.9 Å². The maximum atomic E-state index is 13.4. The van der Waals surface area contributed by atoms with Gasteiger partial charge in [-0.15, -0.1) is 11.3 Å². The molecule has 2 aromatic rings. The van der Waals surface area contributed by atoms with Gasteiger partial charge in [-0.05, 0) is 50.4 Å². The summed E-state index contributed by atoms with van der Waals surface area (Å²) < 4.78 is 13.4. The molecule has 2 nitrogen and oxygen atoms in total. The summed E-state index contributed by atoms with van der Waals surface area (Å²) >= 11 is 1.79. The van der Waals surface area contributed by atoms with Crippen molar-refractivity contribution in [1.82, 2.24) is 10.3 Å². The number of thiazole rings is 1. The van der Waals surface area contributed by atoms with E-state index in [1.807, 2.05) is 19.2 Å². The second kappa shape index (κ2) is 5.02. The zero-order valence-corrected chi connectivity index (χ0v) is 12.0. The fraction of sp³-hybridized carbons (Fsp3) is 0.400. The van der Waals surface area contributed by atoms with E-state index in [0.29, 0.717) is 5.56 Å². The lowest BCUT2D eigenvalue weighted by Crippen LogP contribution is -2.17. The molecule has 0 amide bonds. The van der Waals surface area contributed by atoms with Crippen molar-refractivity contribution in [3.8, 4) is 0 Å². The first kappa shape index (κ1) is 12.8. The Morgan fingerprint density at radius 3 is 2.89 bits per heavy atom. The second-order valence-corrected chi connectivity index (χ2v) is 6.12. The molecule has 0 saturated heterocycles. The van der Waals surface area contributed by atoms with Gasteiger partial charge in [0.15, 0.2) is 0 Å². The zero-order chi connectivity index (χ0) is 13.4. The average molecular weight is 276 g/mol. The lowest BCUT2D eigenvalue weighted by molar-refractivity contribution is 0.613. The molecule has 0 radical (unpaired) electrons. The minimum absolute atomic E-state index is 0.0647. The van der Waals surface area contributed by atoms with Crippen molar-refractivity contribution in [2.24, 2.45) is 0 Å². The fourth-order valence-electron chi connectivity index (χ4n) is 2.61. The van der Waals surface area contributed by atoms with Crippen LogP contribution in [0.4, 0.5) is 4.39 Å². The van der Waals surface area contributed by atoms with Crippen molar-refractivity contribution in [3.63, 3.8) is 0 Å². The highest BCUT2D eigenvalue weighted by Gasteiger charge is 2.22. The van der Waals surface area contributed by atoms with Crippen molar-refractivity contribution in [2.75, 3.05) is 7.05 Å². The van der Waals surface area contributed by atoms with E-state index >= 15 is 0 Å². The Morgan fingerprint density at radius 1 is 1.37 bits per heavy atom. The Labute approximate surface area is 116 Å². The molecule has 1 aromatic carbocycles. The summed E-state index contributed by atoms with van der Waals surface area (Å²) in [5, 5.41) is 4.39. The number of aromatic nitrogens is 1. The third-order valence-corrected chi connectivity index (χ3v) is 4.89. The topological polar surface area (TPSA) is 24.9 Å². The van der Waals surface area contributed by atoms with Crippen molar-refractivity contribution >= 4 is 11.3 Å². The molecule has 1 heterocycles. The first-order valence-electron chi connectivity index (χ1n) is 6.61. The molecule has 4 heteroatoms. The van der Waals surface area contributed by atoms with Crippen LogP contribution in [0.5, 0.6) is 0 Å². The predicted molar refractivity (Wildman–Crippen MR) is 76.2 cm³/mol. The molecule has 1 atom stereocenters. The number of nitrogens with zero attached hydrogens (tertiary/aromatic N) is 1. The summed E-state index contributed by atoms with van der Waals surface area (Å²) in [6.07, 6.45) is 3.49. The second-order valence-electron chi connectivity index (χ2n) is 5.01. The number of aryl methyl sites for hydroxylation is 3. The van der Waals surface area contributed by atoms with E-state index in [2.05, 4.69) is 5.32 Å². The third-order valence-electron chi connectivity index (χ3n) is 3.66. The number of hydrogen-bond acceptors (Lipinski definition) is 3. The van der Waals surface area contributed by atoms with Gasteiger partial charge in [0, 0.05) is 4.88 Å². The summed E-state index contributed by atoms with van der Waals surface area (Å²) in [4.78, 5) is 6.18. The van der Waals surface area contributed by atoms with Crippen LogP contribution in [-0.4, -0.2) is 12.0 Å². The summed E-state index contributed by atoms with van der Waals surface area (Å²) in [5.74, 6) is -0.153. The monoisotopic (exact) mass is 276 g/mol. The van der Waals surface area contributed by atoms with Gasteiger partial charge in [0.25, 0.3) is 0 Å². The number of benzene rings is 1. The Hall–Kier alpha value is -1.26. The zero-order valence-electron chi connectivity index (χ0n) is 11.2. The minimum Gasteiger partial charge on any atom is -0.307 e. The van der Waals surface area contributed by atoms with Crippen LogP contribution in [0.2, 0.25) is 0 Å². The predicted octanol–water partition coefficient (Wildman–Crippen LogP) is 3.39. The van der Waals surface area contributed by atoms with Gasteiger partial charge in [-0.2, -0.15) is 0 Å². The van der Waals surface area contributed by atoms with Gasteiger partial charge in [-0.1, -0.05) is 12.1 Å². The van der Waals surface area contributed by atoms with Gasteiger partial charge in [0.1, 0.15) is 10.8 Å². The average Bonchev–Trinajstić information content (AvgIpc) is 2.95. The largest absolute Gasteiger partial charge is 0.307 e. The van der Waals surface area contributed by atoms with Crippen molar-refractivity contribution in [2.45, 2.75) is 32.2 Å². The third kappa shape index (κ3) is 2.30. The van der Waals surface area contributed by atoms with Crippen molar-refractivity contribution in [3.05, 3.63) is 50.7 Å². The van der Waals surface area contributed by atoms with Crippen LogP contribution in [0.3, 0.4) is 0 Å². The van der Waals surface area contributed by atoms with E-state index < -0.39 is 0 Å². The van der Waals surface area contributed by atoms with Crippen LogP contribution < -0.4 is 5.32 Å². The first-order valence-corrected chi connectivity index (χ1v) is 7.42. The highest BCUT2D eigenvalue weighted by Crippen LogP contribution is 2.33. The van der Waals surface area contributed by atoms with E-state index in [1.165, 1.54) is 23.1 Å². The normalized spacial score (nSPS) is 15.5. The van der Waals surface area contributed by atoms with Crippen LogP contribution in [-0.2, 0) is 12.8 Å². The van der Waals surface area contributed by atoms with Gasteiger partial charge in [0.2, 0.25) is 0 Å². The van der Waals surface area contributed by atoms with Crippen LogP contribution in [0.15, 0.2) is 18.2 Å². The molecule has 19 heavy (non-hydrogen) atoms. The van der Waals surface area contributed by atoms with E-state index in [0.717, 1.165) is 23.4 Å². The standard InChI is InChI=1S/C15H17FN2S/c1-9-8-10(6-7-11(9)16)14(17-2)15-18-12-4-3-5-13(12)19-15/h6-8,14,17H,3-5H2,1-2H3. The highest BCUT2D eigenvalue weighted by atomic mass is 32.1. The number of fused-ring (bicyclic) bond motifs is 1. The van der Waals surface area contributed by atoms with Gasteiger partial charge >= 0.3 is 0 Å². The van der Waals surface area contributed by atoms with Gasteiger partial charge in [0.05, 0.1) is 11.7 Å². The summed E-state index contributed by atoms with van der Waals surface area (Å²) in [6, 6.07) is 5.35. The first-order chi connectivity index (χ1) is 9.19. The van der Waals surface area contributed by atoms with Crippen molar-refractivity contribution < 1.29 is 4.39 Å². The molecule has 0 fully saturated rings. The SMILES string of the molecule is CNC(c1ccc(F)c(C)c1)c1nc2c(s1)CCC2. The molecule has 1 aliphatic carbocycles. The van der Waals surface area contributed by atoms with E-state index in [1.54, 1.807) is 18.3 Å². The number of hydrogen-bond donors (Lipinski definition) is 1. The molecule has 0 bridgehead atoms. The Balaban J connectivity index is 1.96. The molecule has 100 valence electrons. The molecule has 1 aromatic heterocycles. The molecule has 1 N–H and O–H groups in total. The number of halogens is 1. The van der Waals surface area contributed by atoms with Crippen LogP contribution in [0, 0.1) is 12.7 Å². The Bertz CT molecular complexity index is 585. The molecule has 1 aliphatic rings. The van der Waals surface area contributed by atoms with E-state index in [9.17, 15) is 4.39 Å². The van der Waals surface area contributed by atoms with Gasteiger partial charge in [-0.3, -0.25) is 0 Å². The number of rotatable bonds is 3. The van der Waals surface area contributed by atoms with Gasteiger partial charge < -0.3 is 5.32 Å². The molecule has 0 aliphatic heterocycles. The molecule has 1 unspecified atom stereocenters. The van der Waals surface area contributed by atoms with Crippen molar-refractivity contribution in [1.29, 1.82) is 0 Å². The highest BCUT2D eigenvalue weighted by molar-refractivity contribution is 7.11. The maximum absolute atomic E-state index is 13.4. The molecule has 0 saturated carbocycles. The van der Waals surface area contributed by atoms with E-state index in [4.69, 9.17) is 4.98 Å². The molecular formula is C15H17FN2S. The minimum atomic E-state index is -0.153. The number of nitrogens with one attached hydrogen (secondary N) is 1. The Morgan fingerprint density at radius 2 is 2.21 bits per heavy atom. The molecular weight excluding hydrogens is 259 g/mol. The molecule has 3 rings (SSSR count). The summed E-state index contributed by atoms with van der Waals surface area (Å²) in [7, 11) is 1.93. The lowest BCUT2D eigenvalue weighted by Gasteiger charge is -2.15. The maximum Gasteiger partial charge on any atom is 0.126 e. The lowest BCUT2D eigenvalue weighted by atomic mass is 10.0. The van der Waals surface area contributed by atoms with Crippen LogP contribution in [0.25, 0.3) is 0 Å². The molecule has 0 spiro atoms. The van der Waals surface area contributed by atoms with Crippen LogP contribution in [0.1, 0.15) is 39.2 Å².